The van der Waals surface area contributed by atoms with Crippen molar-refractivity contribution in [1.82, 2.24) is 14.7 Å². The second kappa shape index (κ2) is 10.1. The van der Waals surface area contributed by atoms with Crippen molar-refractivity contribution in [3.8, 4) is 11.3 Å². The normalized spacial score (nSPS) is 11.0. The highest BCUT2D eigenvalue weighted by Crippen LogP contribution is 2.20. The van der Waals surface area contributed by atoms with Gasteiger partial charge in [-0.15, -0.1) is 0 Å². The van der Waals surface area contributed by atoms with Crippen LogP contribution in [0.4, 0.5) is 19.3 Å². The van der Waals surface area contributed by atoms with Crippen molar-refractivity contribution >= 4 is 11.8 Å². The molecule has 7 nitrogen and oxygen atoms in total. The molecule has 1 heterocycles. The minimum atomic E-state index is -1.06. The van der Waals surface area contributed by atoms with Gasteiger partial charge in [-0.25, -0.2) is 18.3 Å². The molecule has 0 unspecified atom stereocenters. The summed E-state index contributed by atoms with van der Waals surface area (Å²) >= 11 is 0. The number of aromatic nitrogens is 2. The van der Waals surface area contributed by atoms with E-state index < -0.39 is 17.7 Å². The van der Waals surface area contributed by atoms with Crippen LogP contribution in [0, 0.1) is 11.6 Å². The Morgan fingerprint density at radius 3 is 2.50 bits per heavy atom. The third-order valence-corrected chi connectivity index (χ3v) is 4.85. The lowest BCUT2D eigenvalue weighted by Gasteiger charge is -2.21. The lowest BCUT2D eigenvalue weighted by Crippen LogP contribution is -2.32. The van der Waals surface area contributed by atoms with Crippen LogP contribution >= 0.6 is 0 Å². The number of hydrogen-bond acceptors (Lipinski definition) is 4. The molecular weight excluding hydrogens is 418 g/mol. The Morgan fingerprint density at radius 1 is 1.03 bits per heavy atom. The molecule has 3 aromatic rings. The topological polar surface area (TPSA) is 78.7 Å². The second-order valence-electron chi connectivity index (χ2n) is 7.60. The van der Waals surface area contributed by atoms with Gasteiger partial charge in [0, 0.05) is 23.9 Å². The van der Waals surface area contributed by atoms with Crippen molar-refractivity contribution < 1.29 is 18.7 Å². The molecule has 0 saturated carbocycles. The van der Waals surface area contributed by atoms with E-state index in [0.29, 0.717) is 35.5 Å². The molecule has 1 aromatic heterocycles. The van der Waals surface area contributed by atoms with E-state index in [-0.39, 0.29) is 12.1 Å². The number of carboxylic acid groups (broad SMARTS) is 1. The molecule has 0 aliphatic rings. The number of hydrogen-bond donors (Lipinski definition) is 1. The van der Waals surface area contributed by atoms with E-state index in [1.54, 1.807) is 24.3 Å². The van der Waals surface area contributed by atoms with Crippen LogP contribution in [0.25, 0.3) is 11.3 Å². The summed E-state index contributed by atoms with van der Waals surface area (Å²) in [4.78, 5) is 27.3. The molecule has 0 radical (unpaired) electrons. The molecule has 0 aliphatic carbocycles. The third-order valence-electron chi connectivity index (χ3n) is 4.85. The molecular formula is C23H24F2N4O3. The van der Waals surface area contributed by atoms with E-state index in [9.17, 15) is 23.5 Å². The molecule has 168 valence electrons. The van der Waals surface area contributed by atoms with Crippen LogP contribution in [0.1, 0.15) is 12.0 Å². The van der Waals surface area contributed by atoms with Crippen LogP contribution in [-0.2, 0) is 6.54 Å². The fraction of sp³-hybridized carbons (Fsp3) is 0.261. The van der Waals surface area contributed by atoms with E-state index in [2.05, 4.69) is 5.10 Å². The summed E-state index contributed by atoms with van der Waals surface area (Å²) in [5.41, 5.74) is 1.46. The fourth-order valence-electron chi connectivity index (χ4n) is 3.25. The minimum absolute atomic E-state index is 0.0926. The number of nitrogens with zero attached hydrogens (tertiary/aromatic N) is 4. The average Bonchev–Trinajstić information content (AvgIpc) is 2.74. The van der Waals surface area contributed by atoms with E-state index in [1.165, 1.54) is 27.8 Å². The molecule has 32 heavy (non-hydrogen) atoms. The van der Waals surface area contributed by atoms with Crippen LogP contribution in [0.5, 0.6) is 0 Å². The van der Waals surface area contributed by atoms with Gasteiger partial charge < -0.3 is 10.0 Å². The van der Waals surface area contributed by atoms with E-state index >= 15 is 0 Å². The van der Waals surface area contributed by atoms with Gasteiger partial charge in [0.05, 0.1) is 12.2 Å². The Kier molecular flexibility index (Phi) is 7.32. The first-order chi connectivity index (χ1) is 15.2. The van der Waals surface area contributed by atoms with Gasteiger partial charge in [-0.3, -0.25) is 9.69 Å². The first-order valence-corrected chi connectivity index (χ1v) is 10.0. The van der Waals surface area contributed by atoms with Crippen molar-refractivity contribution in [1.29, 1.82) is 0 Å². The molecule has 1 N–H and O–H groups in total. The van der Waals surface area contributed by atoms with Gasteiger partial charge in [-0.2, -0.15) is 5.10 Å². The van der Waals surface area contributed by atoms with Crippen molar-refractivity contribution in [3.05, 3.63) is 82.1 Å². The zero-order valence-corrected chi connectivity index (χ0v) is 17.8. The summed E-state index contributed by atoms with van der Waals surface area (Å²) < 4.78 is 28.0. The predicted octanol–water partition coefficient (Wildman–Crippen LogP) is 3.67. The maximum absolute atomic E-state index is 13.6. The number of carbonyl (C=O) groups is 1. The molecule has 0 saturated heterocycles. The Labute approximate surface area is 184 Å². The van der Waals surface area contributed by atoms with Gasteiger partial charge in [-0.1, -0.05) is 12.1 Å². The quantitative estimate of drug-likeness (QED) is 0.576. The lowest BCUT2D eigenvalue weighted by molar-refractivity contribution is 0.201. The second-order valence-corrected chi connectivity index (χ2v) is 7.60. The average molecular weight is 442 g/mol. The van der Waals surface area contributed by atoms with Gasteiger partial charge >= 0.3 is 6.09 Å². The van der Waals surface area contributed by atoms with E-state index in [1.807, 2.05) is 19.0 Å². The Hall–Kier alpha value is -3.59. The molecule has 3 rings (SSSR count). The van der Waals surface area contributed by atoms with Gasteiger partial charge in [-0.05, 0) is 69.0 Å². The highest BCUT2D eigenvalue weighted by molar-refractivity contribution is 5.86. The monoisotopic (exact) mass is 442 g/mol. The summed E-state index contributed by atoms with van der Waals surface area (Å²) in [5.74, 6) is -1.97. The van der Waals surface area contributed by atoms with E-state index in [0.717, 1.165) is 18.7 Å². The van der Waals surface area contributed by atoms with Crippen molar-refractivity contribution in [3.63, 3.8) is 0 Å². The zero-order chi connectivity index (χ0) is 23.3. The Balaban J connectivity index is 1.85. The first-order valence-electron chi connectivity index (χ1n) is 10.0. The number of halogens is 2. The van der Waals surface area contributed by atoms with Crippen LogP contribution < -0.4 is 10.5 Å². The van der Waals surface area contributed by atoms with Gasteiger partial charge in [0.1, 0.15) is 0 Å². The summed E-state index contributed by atoms with van der Waals surface area (Å²) in [6.07, 6.45) is -0.391. The van der Waals surface area contributed by atoms with Crippen molar-refractivity contribution in [2.45, 2.75) is 13.0 Å². The lowest BCUT2D eigenvalue weighted by atomic mass is 10.1. The summed E-state index contributed by atoms with van der Waals surface area (Å²) in [6, 6.07) is 13.0. The summed E-state index contributed by atoms with van der Waals surface area (Å²) in [7, 11) is 3.84. The summed E-state index contributed by atoms with van der Waals surface area (Å²) in [5, 5.41) is 13.9. The number of rotatable bonds is 8. The largest absolute Gasteiger partial charge is 0.465 e. The zero-order valence-electron chi connectivity index (χ0n) is 17.8. The van der Waals surface area contributed by atoms with Crippen LogP contribution in [0.2, 0.25) is 0 Å². The maximum Gasteiger partial charge on any atom is 0.411 e. The van der Waals surface area contributed by atoms with Crippen LogP contribution in [0.3, 0.4) is 0 Å². The van der Waals surface area contributed by atoms with Gasteiger partial charge in [0.2, 0.25) is 0 Å². The molecule has 0 bridgehead atoms. The number of benzene rings is 2. The molecule has 0 fully saturated rings. The molecule has 2 aromatic carbocycles. The molecule has 0 atom stereocenters. The molecule has 1 amide bonds. The molecule has 0 aliphatic heterocycles. The Morgan fingerprint density at radius 2 is 1.81 bits per heavy atom. The molecule has 9 heteroatoms. The fourth-order valence-corrected chi connectivity index (χ4v) is 3.25. The van der Waals surface area contributed by atoms with E-state index in [4.69, 9.17) is 0 Å². The van der Waals surface area contributed by atoms with Crippen molar-refractivity contribution in [2.75, 3.05) is 32.1 Å². The van der Waals surface area contributed by atoms with Crippen LogP contribution in [-0.4, -0.2) is 53.1 Å². The smallest absolute Gasteiger partial charge is 0.411 e. The highest BCUT2D eigenvalue weighted by Gasteiger charge is 2.15. The highest BCUT2D eigenvalue weighted by atomic mass is 19.2. The molecule has 0 spiro atoms. The predicted molar refractivity (Wildman–Crippen MR) is 118 cm³/mol. The minimum Gasteiger partial charge on any atom is -0.465 e. The standard InChI is InChI=1S/C23H24F2N4O3/c1-27(2)11-4-12-28(23(31)32)18-6-3-5-16(13-18)15-29-22(30)10-9-21(26-29)17-7-8-19(24)20(25)14-17/h3,5-10,13-14H,4,11-12,15H2,1-2H3,(H,31,32). The first kappa shape index (κ1) is 23.1. The third kappa shape index (κ3) is 5.76. The van der Waals surface area contributed by atoms with Crippen LogP contribution in [0.15, 0.2) is 59.4 Å². The Bertz CT molecular complexity index is 1160. The SMILES string of the molecule is CN(C)CCCN(C(=O)O)c1cccc(Cn2nc(-c3ccc(F)c(F)c3)ccc2=O)c1. The van der Waals surface area contributed by atoms with Gasteiger partial charge in [0.25, 0.3) is 5.56 Å². The number of amides is 1. The van der Waals surface area contributed by atoms with Gasteiger partial charge in [0.15, 0.2) is 11.6 Å². The van der Waals surface area contributed by atoms with Crippen molar-refractivity contribution in [2.24, 2.45) is 0 Å². The number of anilines is 1. The summed E-state index contributed by atoms with van der Waals surface area (Å²) in [6.45, 7) is 1.18. The maximum atomic E-state index is 13.6.